The van der Waals surface area contributed by atoms with Gasteiger partial charge in [-0.3, -0.25) is 0 Å². The molecule has 0 amide bonds. The maximum absolute atomic E-state index is 12.7. The van der Waals surface area contributed by atoms with E-state index in [4.69, 9.17) is 4.52 Å². The van der Waals surface area contributed by atoms with Crippen molar-refractivity contribution >= 4 is 29.9 Å². The molecule has 1 heterocycles. The number of aromatic nitrogens is 2. The van der Waals surface area contributed by atoms with Gasteiger partial charge >= 0.3 is 6.18 Å². The fourth-order valence-electron chi connectivity index (χ4n) is 2.09. The van der Waals surface area contributed by atoms with E-state index in [-0.39, 0.29) is 30.5 Å². The number of nitrogens with one attached hydrogen (secondary N) is 2. The van der Waals surface area contributed by atoms with Gasteiger partial charge in [0, 0.05) is 19.5 Å². The van der Waals surface area contributed by atoms with Crippen LogP contribution in [0.1, 0.15) is 29.8 Å². The number of hydrogen-bond donors (Lipinski definition) is 2. The van der Waals surface area contributed by atoms with Crippen LogP contribution in [0, 0.1) is 6.92 Å². The van der Waals surface area contributed by atoms with Crippen molar-refractivity contribution in [2.24, 2.45) is 4.99 Å². The van der Waals surface area contributed by atoms with Gasteiger partial charge in [-0.15, -0.1) is 24.0 Å². The van der Waals surface area contributed by atoms with Gasteiger partial charge in [-0.1, -0.05) is 17.3 Å². The number of benzene rings is 1. The molecule has 0 aliphatic carbocycles. The summed E-state index contributed by atoms with van der Waals surface area (Å²) in [5.41, 5.74) is -0.190. The molecule has 2 aromatic rings. The molecular weight excluding hydrogens is 462 g/mol. The fourth-order valence-corrected chi connectivity index (χ4v) is 2.09. The fraction of sp³-hybridized carbons (Fsp3) is 0.438. The lowest BCUT2D eigenvalue weighted by Crippen LogP contribution is -2.38. The van der Waals surface area contributed by atoms with Crippen LogP contribution in [0.4, 0.5) is 13.2 Å². The van der Waals surface area contributed by atoms with E-state index in [9.17, 15) is 13.2 Å². The van der Waals surface area contributed by atoms with E-state index in [1.54, 1.807) is 13.0 Å². The Hall–Kier alpha value is -1.85. The third-order valence-corrected chi connectivity index (χ3v) is 3.22. The predicted molar refractivity (Wildman–Crippen MR) is 102 cm³/mol. The third-order valence-electron chi connectivity index (χ3n) is 3.22. The van der Waals surface area contributed by atoms with Gasteiger partial charge in [0.1, 0.15) is 0 Å². The zero-order valence-corrected chi connectivity index (χ0v) is 16.8. The van der Waals surface area contributed by atoms with Crippen LogP contribution < -0.4 is 10.6 Å². The van der Waals surface area contributed by atoms with Crippen molar-refractivity contribution in [2.45, 2.75) is 33.0 Å². The summed E-state index contributed by atoms with van der Waals surface area (Å²) >= 11 is 0. The first-order chi connectivity index (χ1) is 11.9. The summed E-state index contributed by atoms with van der Waals surface area (Å²) in [5, 5.41) is 9.82. The molecule has 0 radical (unpaired) electrons. The van der Waals surface area contributed by atoms with E-state index in [1.807, 2.05) is 6.92 Å². The minimum Gasteiger partial charge on any atom is -0.357 e. The quantitative estimate of drug-likeness (QED) is 0.375. The number of halogens is 4. The Bertz CT molecular complexity index is 718. The molecule has 144 valence electrons. The van der Waals surface area contributed by atoms with Crippen molar-refractivity contribution in [3.63, 3.8) is 0 Å². The monoisotopic (exact) mass is 483 g/mol. The smallest absolute Gasteiger partial charge is 0.357 e. The second kappa shape index (κ2) is 10.3. The van der Waals surface area contributed by atoms with E-state index in [0.717, 1.165) is 12.1 Å². The Kier molecular flexibility index (Phi) is 8.82. The lowest BCUT2D eigenvalue weighted by molar-refractivity contribution is -0.137. The summed E-state index contributed by atoms with van der Waals surface area (Å²) < 4.78 is 43.2. The molecule has 1 aromatic carbocycles. The van der Waals surface area contributed by atoms with Gasteiger partial charge in [0.25, 0.3) is 0 Å². The zero-order chi connectivity index (χ0) is 18.3. The van der Waals surface area contributed by atoms with Crippen LogP contribution in [0.5, 0.6) is 0 Å². The SMILES string of the molecule is CCNC(=NCc1cccc(C(F)(F)F)c1)NCCc1nc(C)no1.I. The molecule has 2 N–H and O–H groups in total. The topological polar surface area (TPSA) is 75.3 Å². The van der Waals surface area contributed by atoms with Gasteiger partial charge in [0.2, 0.25) is 5.89 Å². The van der Waals surface area contributed by atoms with Gasteiger partial charge in [0.15, 0.2) is 11.8 Å². The molecule has 6 nitrogen and oxygen atoms in total. The molecule has 0 unspecified atom stereocenters. The third kappa shape index (κ3) is 7.18. The highest BCUT2D eigenvalue weighted by molar-refractivity contribution is 14.0. The Morgan fingerprint density at radius 3 is 2.65 bits per heavy atom. The lowest BCUT2D eigenvalue weighted by atomic mass is 10.1. The predicted octanol–water partition coefficient (Wildman–Crippen LogP) is 3.31. The molecule has 26 heavy (non-hydrogen) atoms. The van der Waals surface area contributed by atoms with Gasteiger partial charge in [-0.05, 0) is 31.5 Å². The Morgan fingerprint density at radius 2 is 2.04 bits per heavy atom. The molecule has 0 spiro atoms. The highest BCUT2D eigenvalue weighted by Gasteiger charge is 2.30. The number of rotatable bonds is 6. The highest BCUT2D eigenvalue weighted by atomic mass is 127. The van der Waals surface area contributed by atoms with Crippen LogP contribution in [0.3, 0.4) is 0 Å². The Morgan fingerprint density at radius 1 is 1.27 bits per heavy atom. The first kappa shape index (κ1) is 22.2. The average Bonchev–Trinajstić information content (AvgIpc) is 2.97. The van der Waals surface area contributed by atoms with Crippen LogP contribution >= 0.6 is 24.0 Å². The first-order valence-corrected chi connectivity index (χ1v) is 7.86. The van der Waals surface area contributed by atoms with Gasteiger partial charge in [0.05, 0.1) is 12.1 Å². The van der Waals surface area contributed by atoms with Gasteiger partial charge < -0.3 is 15.2 Å². The van der Waals surface area contributed by atoms with Crippen LogP contribution in [0.15, 0.2) is 33.8 Å². The van der Waals surface area contributed by atoms with E-state index in [1.165, 1.54) is 6.07 Å². The summed E-state index contributed by atoms with van der Waals surface area (Å²) in [5.74, 6) is 1.59. The Balaban J connectivity index is 0.00000338. The minimum atomic E-state index is -4.36. The molecule has 1 aromatic heterocycles. The minimum absolute atomic E-state index is 0. The summed E-state index contributed by atoms with van der Waals surface area (Å²) in [6, 6.07) is 5.15. The molecule has 2 rings (SSSR count). The van der Waals surface area contributed by atoms with E-state index in [0.29, 0.717) is 42.7 Å². The average molecular weight is 483 g/mol. The van der Waals surface area contributed by atoms with E-state index >= 15 is 0 Å². The molecular formula is C16H21F3IN5O. The summed E-state index contributed by atoms with van der Waals surface area (Å²) in [4.78, 5) is 8.40. The number of alkyl halides is 3. The molecule has 0 saturated carbocycles. The van der Waals surface area contributed by atoms with Crippen LogP contribution in [-0.4, -0.2) is 29.2 Å². The summed E-state index contributed by atoms with van der Waals surface area (Å²) in [6.45, 7) is 4.92. The standard InChI is InChI=1S/C16H20F3N5O.HI/c1-3-20-15(21-8-7-14-23-11(2)24-25-14)22-10-12-5-4-6-13(9-12)16(17,18)19;/h4-6,9H,3,7-8,10H2,1-2H3,(H2,20,21,22);1H. The molecule has 0 bridgehead atoms. The number of aryl methyl sites for hydroxylation is 1. The molecule has 0 fully saturated rings. The van der Waals surface area contributed by atoms with Crippen LogP contribution in [0.2, 0.25) is 0 Å². The zero-order valence-electron chi connectivity index (χ0n) is 14.4. The molecule has 0 saturated heterocycles. The van der Waals surface area contributed by atoms with Crippen LogP contribution in [0.25, 0.3) is 0 Å². The second-order valence-corrected chi connectivity index (χ2v) is 5.31. The number of nitrogens with zero attached hydrogens (tertiary/aromatic N) is 3. The maximum atomic E-state index is 12.7. The second-order valence-electron chi connectivity index (χ2n) is 5.31. The van der Waals surface area contributed by atoms with Crippen molar-refractivity contribution in [2.75, 3.05) is 13.1 Å². The van der Waals surface area contributed by atoms with Crippen molar-refractivity contribution in [3.05, 3.63) is 47.1 Å². The summed E-state index contributed by atoms with van der Waals surface area (Å²) in [6.07, 6.45) is -3.83. The van der Waals surface area contributed by atoms with Crippen molar-refractivity contribution in [3.8, 4) is 0 Å². The van der Waals surface area contributed by atoms with E-state index < -0.39 is 11.7 Å². The molecule has 0 atom stereocenters. The van der Waals surface area contributed by atoms with Gasteiger partial charge in [-0.25, -0.2) is 4.99 Å². The largest absolute Gasteiger partial charge is 0.416 e. The maximum Gasteiger partial charge on any atom is 0.416 e. The highest BCUT2D eigenvalue weighted by Crippen LogP contribution is 2.29. The normalized spacial score (nSPS) is 11.8. The summed E-state index contributed by atoms with van der Waals surface area (Å²) in [7, 11) is 0. The van der Waals surface area contributed by atoms with Crippen molar-refractivity contribution < 1.29 is 17.7 Å². The molecule has 10 heteroatoms. The first-order valence-electron chi connectivity index (χ1n) is 7.86. The van der Waals surface area contributed by atoms with Gasteiger partial charge in [-0.2, -0.15) is 18.2 Å². The van der Waals surface area contributed by atoms with E-state index in [2.05, 4.69) is 25.8 Å². The van der Waals surface area contributed by atoms with Crippen LogP contribution in [-0.2, 0) is 19.1 Å². The number of hydrogen-bond acceptors (Lipinski definition) is 4. The molecule has 0 aliphatic rings. The number of aliphatic imine (C=N–C) groups is 1. The Labute approximate surface area is 166 Å². The van der Waals surface area contributed by atoms with Crippen molar-refractivity contribution in [1.82, 2.24) is 20.8 Å². The lowest BCUT2D eigenvalue weighted by Gasteiger charge is -2.11. The van der Waals surface area contributed by atoms with Crippen molar-refractivity contribution in [1.29, 1.82) is 0 Å². The number of guanidine groups is 1. The molecule has 0 aliphatic heterocycles.